The summed E-state index contributed by atoms with van der Waals surface area (Å²) in [5.74, 6) is 0.306. The van der Waals surface area contributed by atoms with Gasteiger partial charge in [0.1, 0.15) is 0 Å². The van der Waals surface area contributed by atoms with Gasteiger partial charge in [-0.15, -0.1) is 11.6 Å². The zero-order chi connectivity index (χ0) is 15.6. The molecule has 1 aliphatic carbocycles. The summed E-state index contributed by atoms with van der Waals surface area (Å²) in [4.78, 5) is 0.303. The van der Waals surface area contributed by atoms with Gasteiger partial charge < -0.3 is 0 Å². The molecule has 0 unspecified atom stereocenters. The molecule has 118 valence electrons. The van der Waals surface area contributed by atoms with Crippen molar-refractivity contribution in [3.05, 3.63) is 26.6 Å². The van der Waals surface area contributed by atoms with Crippen LogP contribution in [-0.2, 0) is 10.0 Å². The Bertz CT molecular complexity index is 616. The van der Waals surface area contributed by atoms with Crippen molar-refractivity contribution < 1.29 is 8.42 Å². The maximum absolute atomic E-state index is 13.0. The van der Waals surface area contributed by atoms with E-state index in [0.29, 0.717) is 21.8 Å². The summed E-state index contributed by atoms with van der Waals surface area (Å²) in [5, 5.41) is 0. The van der Waals surface area contributed by atoms with Gasteiger partial charge in [-0.2, -0.15) is 4.31 Å². The monoisotopic (exact) mass is 457 g/mol. The Hall–Kier alpha value is 0.380. The Kier molecular flexibility index (Phi) is 6.16. The molecule has 0 radical (unpaired) electrons. The number of aryl methyl sites for hydroxylation is 1. The van der Waals surface area contributed by atoms with Crippen molar-refractivity contribution in [3.8, 4) is 0 Å². The third kappa shape index (κ3) is 3.83. The maximum Gasteiger partial charge on any atom is 0.244 e. The highest BCUT2D eigenvalue weighted by molar-refractivity contribution is 9.11. The van der Waals surface area contributed by atoms with E-state index in [-0.39, 0.29) is 6.04 Å². The van der Waals surface area contributed by atoms with E-state index >= 15 is 0 Å². The molecule has 0 aromatic heterocycles. The Labute approximate surface area is 148 Å². The van der Waals surface area contributed by atoms with E-state index in [0.717, 1.165) is 35.7 Å². The molecule has 0 amide bonds. The van der Waals surface area contributed by atoms with Crippen LogP contribution < -0.4 is 0 Å². The molecule has 1 aliphatic rings. The number of halogens is 3. The predicted molar refractivity (Wildman–Crippen MR) is 93.4 cm³/mol. The molecule has 3 nitrogen and oxygen atoms in total. The highest BCUT2D eigenvalue weighted by atomic mass is 79.9. The number of benzene rings is 1. The van der Waals surface area contributed by atoms with Crippen LogP contribution in [0.4, 0.5) is 0 Å². The second kappa shape index (κ2) is 7.30. The van der Waals surface area contributed by atoms with Crippen LogP contribution in [-0.4, -0.2) is 31.2 Å². The second-order valence-electron chi connectivity index (χ2n) is 5.27. The summed E-state index contributed by atoms with van der Waals surface area (Å²) >= 11 is 12.6. The van der Waals surface area contributed by atoms with Gasteiger partial charge in [0.05, 0.1) is 4.90 Å². The first-order valence-electron chi connectivity index (χ1n) is 6.91. The Balaban J connectivity index is 2.45. The lowest BCUT2D eigenvalue weighted by Crippen LogP contribution is -2.40. The third-order valence-electron chi connectivity index (χ3n) is 3.84. The molecule has 0 heterocycles. The van der Waals surface area contributed by atoms with E-state index in [9.17, 15) is 8.42 Å². The van der Waals surface area contributed by atoms with Crippen LogP contribution in [0.2, 0.25) is 0 Å². The molecule has 1 aromatic carbocycles. The van der Waals surface area contributed by atoms with Crippen LogP contribution in [0.3, 0.4) is 0 Å². The lowest BCUT2D eigenvalue weighted by molar-refractivity contribution is 0.336. The van der Waals surface area contributed by atoms with E-state index in [1.165, 1.54) is 0 Å². The topological polar surface area (TPSA) is 37.4 Å². The van der Waals surface area contributed by atoms with E-state index in [2.05, 4.69) is 31.9 Å². The fraction of sp³-hybridized carbons (Fsp3) is 0.571. The second-order valence-corrected chi connectivity index (χ2v) is 9.22. The van der Waals surface area contributed by atoms with Gasteiger partial charge in [-0.05, 0) is 53.4 Å². The number of rotatable bonds is 5. The normalized spacial score (nSPS) is 16.8. The highest BCUT2D eigenvalue weighted by Crippen LogP contribution is 2.34. The summed E-state index contributed by atoms with van der Waals surface area (Å²) in [6.45, 7) is 2.28. The highest BCUT2D eigenvalue weighted by Gasteiger charge is 2.34. The van der Waals surface area contributed by atoms with E-state index < -0.39 is 10.0 Å². The van der Waals surface area contributed by atoms with Gasteiger partial charge in [0.2, 0.25) is 10.0 Å². The molecular weight excluding hydrogens is 441 g/mol. The van der Waals surface area contributed by atoms with E-state index in [1.54, 1.807) is 10.4 Å². The van der Waals surface area contributed by atoms with Gasteiger partial charge in [-0.1, -0.05) is 28.8 Å². The maximum atomic E-state index is 13.0. The summed E-state index contributed by atoms with van der Waals surface area (Å²) in [6, 6.07) is 3.57. The molecule has 0 aliphatic heterocycles. The van der Waals surface area contributed by atoms with Crippen molar-refractivity contribution in [2.75, 3.05) is 12.4 Å². The molecule has 0 N–H and O–H groups in total. The Morgan fingerprint density at radius 1 is 1.24 bits per heavy atom. The number of hydrogen-bond acceptors (Lipinski definition) is 2. The first kappa shape index (κ1) is 17.7. The molecular formula is C14H18Br2ClNO2S. The quantitative estimate of drug-likeness (QED) is 0.599. The van der Waals surface area contributed by atoms with Gasteiger partial charge >= 0.3 is 0 Å². The molecule has 7 heteroatoms. The van der Waals surface area contributed by atoms with Gasteiger partial charge in [0.25, 0.3) is 0 Å². The molecule has 0 bridgehead atoms. The SMILES string of the molecule is Cc1cc(Br)c(S(=O)(=O)N(CCCl)C2CCCC2)cc1Br. The molecule has 21 heavy (non-hydrogen) atoms. The summed E-state index contributed by atoms with van der Waals surface area (Å²) < 4.78 is 29.0. The van der Waals surface area contributed by atoms with Crippen LogP contribution in [0, 0.1) is 6.92 Å². The number of sulfonamides is 1. The Morgan fingerprint density at radius 2 is 1.86 bits per heavy atom. The minimum Gasteiger partial charge on any atom is -0.207 e. The smallest absolute Gasteiger partial charge is 0.207 e. The number of hydrogen-bond donors (Lipinski definition) is 0. The standard InChI is InChI=1S/C14H18Br2ClNO2S/c1-10-8-13(16)14(9-12(10)15)21(19,20)18(7-6-17)11-4-2-3-5-11/h8-9,11H,2-7H2,1H3. The predicted octanol–water partition coefficient (Wildman–Crippen LogP) is 4.69. The molecule has 0 saturated heterocycles. The lowest BCUT2D eigenvalue weighted by atomic mass is 10.2. The fourth-order valence-corrected chi connectivity index (χ4v) is 6.34. The zero-order valence-corrected chi connectivity index (χ0v) is 16.5. The average Bonchev–Trinajstić information content (AvgIpc) is 2.93. The first-order chi connectivity index (χ1) is 9.87. The molecule has 1 aromatic rings. The van der Waals surface area contributed by atoms with E-state index in [4.69, 9.17) is 11.6 Å². The molecule has 0 spiro atoms. The first-order valence-corrected chi connectivity index (χ1v) is 10.5. The summed E-state index contributed by atoms with van der Waals surface area (Å²) in [5.41, 5.74) is 0.991. The zero-order valence-electron chi connectivity index (χ0n) is 11.8. The van der Waals surface area contributed by atoms with Crippen molar-refractivity contribution in [3.63, 3.8) is 0 Å². The van der Waals surface area contributed by atoms with Crippen molar-refractivity contribution in [1.82, 2.24) is 4.31 Å². The third-order valence-corrected chi connectivity index (χ3v) is 7.77. The minimum atomic E-state index is -3.54. The molecule has 1 saturated carbocycles. The largest absolute Gasteiger partial charge is 0.244 e. The van der Waals surface area contributed by atoms with Crippen molar-refractivity contribution in [2.45, 2.75) is 43.5 Å². The minimum absolute atomic E-state index is 0.0701. The number of alkyl halides is 1. The van der Waals surface area contributed by atoms with Gasteiger partial charge in [0.15, 0.2) is 0 Å². The van der Waals surface area contributed by atoms with Crippen LogP contribution >= 0.6 is 43.5 Å². The van der Waals surface area contributed by atoms with Crippen LogP contribution in [0.15, 0.2) is 26.0 Å². The van der Waals surface area contributed by atoms with Crippen molar-refractivity contribution in [2.24, 2.45) is 0 Å². The molecule has 1 fully saturated rings. The van der Waals surface area contributed by atoms with Crippen molar-refractivity contribution >= 4 is 53.5 Å². The number of nitrogens with zero attached hydrogens (tertiary/aromatic N) is 1. The fourth-order valence-electron chi connectivity index (χ4n) is 2.73. The molecule has 0 atom stereocenters. The van der Waals surface area contributed by atoms with E-state index in [1.807, 2.05) is 13.0 Å². The molecule has 2 rings (SSSR count). The summed E-state index contributed by atoms with van der Waals surface area (Å²) in [7, 11) is -3.54. The van der Waals surface area contributed by atoms with Gasteiger partial charge in [-0.3, -0.25) is 0 Å². The Morgan fingerprint density at radius 3 is 2.43 bits per heavy atom. The van der Waals surface area contributed by atoms with Gasteiger partial charge in [-0.25, -0.2) is 8.42 Å². The lowest BCUT2D eigenvalue weighted by Gasteiger charge is -2.28. The summed E-state index contributed by atoms with van der Waals surface area (Å²) in [6.07, 6.45) is 4.00. The van der Waals surface area contributed by atoms with Crippen molar-refractivity contribution in [1.29, 1.82) is 0 Å². The van der Waals surface area contributed by atoms with Crippen LogP contribution in [0.25, 0.3) is 0 Å². The van der Waals surface area contributed by atoms with Crippen LogP contribution in [0.5, 0.6) is 0 Å². The average molecular weight is 460 g/mol. The van der Waals surface area contributed by atoms with Gasteiger partial charge in [0, 0.05) is 27.4 Å². The van der Waals surface area contributed by atoms with Crippen LogP contribution in [0.1, 0.15) is 31.2 Å².